The Balaban J connectivity index is 2.33. The van der Waals surface area contributed by atoms with Gasteiger partial charge in [0.15, 0.2) is 8.32 Å². The molecular formula is C16H25ClO2Si. The van der Waals surface area contributed by atoms with Gasteiger partial charge in [-0.2, -0.15) is 0 Å². The van der Waals surface area contributed by atoms with E-state index in [-0.39, 0.29) is 17.1 Å². The zero-order valence-corrected chi connectivity index (χ0v) is 14.8. The van der Waals surface area contributed by atoms with Crippen molar-refractivity contribution in [2.45, 2.75) is 50.6 Å². The van der Waals surface area contributed by atoms with Gasteiger partial charge in [-0.1, -0.05) is 44.2 Å². The lowest BCUT2D eigenvalue weighted by Gasteiger charge is -2.55. The molecule has 2 nitrogen and oxygen atoms in total. The number of halogens is 1. The van der Waals surface area contributed by atoms with Gasteiger partial charge >= 0.3 is 0 Å². The molecule has 1 aromatic carbocycles. The molecule has 112 valence electrons. The SMILES string of the molecule is CC(C)[C@H](Cl)[C@@]1(O[Si](C)(C)C)CO[C@@H]1c1ccccc1. The fourth-order valence-corrected chi connectivity index (χ4v) is 4.56. The van der Waals surface area contributed by atoms with E-state index in [9.17, 15) is 0 Å². The summed E-state index contributed by atoms with van der Waals surface area (Å²) < 4.78 is 12.4. The highest BCUT2D eigenvalue weighted by Crippen LogP contribution is 2.49. The van der Waals surface area contributed by atoms with E-state index in [1.54, 1.807) is 0 Å². The molecule has 0 aliphatic carbocycles. The Morgan fingerprint density at radius 2 is 1.85 bits per heavy atom. The van der Waals surface area contributed by atoms with Gasteiger partial charge in [0.1, 0.15) is 11.7 Å². The number of hydrogen-bond acceptors (Lipinski definition) is 2. The van der Waals surface area contributed by atoms with Gasteiger partial charge in [-0.3, -0.25) is 0 Å². The fraction of sp³-hybridized carbons (Fsp3) is 0.625. The first-order chi connectivity index (χ1) is 9.26. The predicted octanol–water partition coefficient (Wildman–Crippen LogP) is 4.61. The van der Waals surface area contributed by atoms with Crippen molar-refractivity contribution >= 4 is 19.9 Å². The van der Waals surface area contributed by atoms with Crippen LogP contribution in [-0.4, -0.2) is 25.9 Å². The molecule has 20 heavy (non-hydrogen) atoms. The van der Waals surface area contributed by atoms with E-state index in [0.717, 1.165) is 5.56 Å². The Morgan fingerprint density at radius 1 is 1.25 bits per heavy atom. The zero-order valence-electron chi connectivity index (χ0n) is 13.0. The van der Waals surface area contributed by atoms with Crippen molar-refractivity contribution in [3.05, 3.63) is 35.9 Å². The van der Waals surface area contributed by atoms with Gasteiger partial charge in [0.2, 0.25) is 0 Å². The fourth-order valence-electron chi connectivity index (χ4n) is 2.83. The molecule has 3 atom stereocenters. The molecule has 0 amide bonds. The quantitative estimate of drug-likeness (QED) is 0.584. The van der Waals surface area contributed by atoms with Gasteiger partial charge in [0.25, 0.3) is 0 Å². The molecular weight excluding hydrogens is 288 g/mol. The molecule has 0 bridgehead atoms. The summed E-state index contributed by atoms with van der Waals surface area (Å²) >= 11 is 6.74. The lowest BCUT2D eigenvalue weighted by atomic mass is 9.80. The second-order valence-corrected chi connectivity index (χ2v) is 11.8. The third-order valence-electron chi connectivity index (χ3n) is 3.57. The Bertz CT molecular complexity index is 444. The Hall–Kier alpha value is -0.353. The summed E-state index contributed by atoms with van der Waals surface area (Å²) in [5.41, 5.74) is 0.768. The molecule has 0 N–H and O–H groups in total. The number of benzene rings is 1. The summed E-state index contributed by atoms with van der Waals surface area (Å²) in [5.74, 6) is 0.350. The van der Waals surface area contributed by atoms with Crippen LogP contribution < -0.4 is 0 Å². The van der Waals surface area contributed by atoms with E-state index in [1.807, 2.05) is 18.2 Å². The topological polar surface area (TPSA) is 18.5 Å². The van der Waals surface area contributed by atoms with Crippen LogP contribution in [0.25, 0.3) is 0 Å². The molecule has 0 spiro atoms. The van der Waals surface area contributed by atoms with E-state index in [2.05, 4.69) is 45.6 Å². The zero-order chi connectivity index (χ0) is 15.0. The highest BCUT2D eigenvalue weighted by Gasteiger charge is 2.57. The summed E-state index contributed by atoms with van der Waals surface area (Å²) in [7, 11) is -1.71. The van der Waals surface area contributed by atoms with E-state index >= 15 is 0 Å². The third-order valence-corrected chi connectivity index (χ3v) is 5.44. The summed E-state index contributed by atoms with van der Waals surface area (Å²) in [4.78, 5) is 0. The lowest BCUT2D eigenvalue weighted by Crippen LogP contribution is -2.64. The van der Waals surface area contributed by atoms with Crippen LogP contribution in [0.3, 0.4) is 0 Å². The summed E-state index contributed by atoms with van der Waals surface area (Å²) in [6.45, 7) is 11.5. The van der Waals surface area contributed by atoms with Crippen molar-refractivity contribution in [3.8, 4) is 0 Å². The monoisotopic (exact) mass is 312 g/mol. The maximum atomic E-state index is 6.74. The van der Waals surface area contributed by atoms with Crippen LogP contribution in [0.5, 0.6) is 0 Å². The minimum atomic E-state index is -1.71. The van der Waals surface area contributed by atoms with Crippen LogP contribution in [0.2, 0.25) is 19.6 Å². The smallest absolute Gasteiger partial charge is 0.184 e. The molecule has 0 radical (unpaired) electrons. The molecule has 2 rings (SSSR count). The molecule has 1 aromatic rings. The van der Waals surface area contributed by atoms with E-state index < -0.39 is 8.32 Å². The van der Waals surface area contributed by atoms with Gasteiger partial charge in [0, 0.05) is 0 Å². The van der Waals surface area contributed by atoms with Gasteiger partial charge in [-0.25, -0.2) is 0 Å². The molecule has 4 heteroatoms. The number of alkyl halides is 1. The van der Waals surface area contributed by atoms with Crippen molar-refractivity contribution in [1.82, 2.24) is 0 Å². The average molecular weight is 313 g/mol. The van der Waals surface area contributed by atoms with Gasteiger partial charge in [-0.05, 0) is 31.1 Å². The van der Waals surface area contributed by atoms with Crippen molar-refractivity contribution in [2.75, 3.05) is 6.61 Å². The molecule has 1 saturated heterocycles. The van der Waals surface area contributed by atoms with E-state index in [0.29, 0.717) is 12.5 Å². The van der Waals surface area contributed by atoms with Crippen LogP contribution in [0.1, 0.15) is 25.5 Å². The molecule has 1 fully saturated rings. The maximum Gasteiger partial charge on any atom is 0.184 e. The second-order valence-electron chi connectivity index (χ2n) is 6.92. The summed E-state index contributed by atoms with van der Waals surface area (Å²) in [6.07, 6.45) is -0.0553. The lowest BCUT2D eigenvalue weighted by molar-refractivity contribution is -0.235. The highest BCUT2D eigenvalue weighted by atomic mass is 35.5. The van der Waals surface area contributed by atoms with Crippen molar-refractivity contribution in [3.63, 3.8) is 0 Å². The molecule has 0 aromatic heterocycles. The molecule has 0 unspecified atom stereocenters. The van der Waals surface area contributed by atoms with E-state index in [1.165, 1.54) is 0 Å². The van der Waals surface area contributed by atoms with E-state index in [4.69, 9.17) is 20.8 Å². The largest absolute Gasteiger partial charge is 0.405 e. The van der Waals surface area contributed by atoms with Crippen molar-refractivity contribution in [2.24, 2.45) is 5.92 Å². The van der Waals surface area contributed by atoms with Crippen LogP contribution in [0.15, 0.2) is 30.3 Å². The molecule has 1 heterocycles. The Labute approximate surface area is 128 Å². The molecule has 1 aliphatic rings. The average Bonchev–Trinajstić information content (AvgIpc) is 2.34. The standard InChI is InChI=1S/C16H25ClO2Si/c1-12(2)14(17)16(19-20(3,4)5)11-18-15(16)13-9-7-6-8-10-13/h6-10,12,14-15H,11H2,1-5H3/t14-,15+,16-/m0/s1. The summed E-state index contributed by atoms with van der Waals surface area (Å²) in [6, 6.07) is 10.3. The van der Waals surface area contributed by atoms with Gasteiger partial charge < -0.3 is 9.16 Å². The van der Waals surface area contributed by atoms with Gasteiger partial charge in [0.05, 0.1) is 12.0 Å². The number of rotatable bonds is 5. The van der Waals surface area contributed by atoms with Crippen LogP contribution in [0, 0.1) is 5.92 Å². The maximum absolute atomic E-state index is 6.74. The second kappa shape index (κ2) is 5.80. The first kappa shape index (κ1) is 16.0. The highest BCUT2D eigenvalue weighted by molar-refractivity contribution is 6.69. The minimum absolute atomic E-state index is 0.0480. The molecule has 0 saturated carbocycles. The number of hydrogen-bond donors (Lipinski definition) is 0. The third kappa shape index (κ3) is 3.11. The van der Waals surface area contributed by atoms with Crippen molar-refractivity contribution in [1.29, 1.82) is 0 Å². The van der Waals surface area contributed by atoms with Gasteiger partial charge in [-0.15, -0.1) is 11.6 Å². The first-order valence-corrected chi connectivity index (χ1v) is 11.1. The number of ether oxygens (including phenoxy) is 1. The molecule has 1 aliphatic heterocycles. The predicted molar refractivity (Wildman–Crippen MR) is 86.8 cm³/mol. The van der Waals surface area contributed by atoms with Crippen LogP contribution in [0.4, 0.5) is 0 Å². The normalized spacial score (nSPS) is 28.2. The van der Waals surface area contributed by atoms with Crippen LogP contribution in [-0.2, 0) is 9.16 Å². The van der Waals surface area contributed by atoms with Crippen LogP contribution >= 0.6 is 11.6 Å². The van der Waals surface area contributed by atoms with Crippen molar-refractivity contribution < 1.29 is 9.16 Å². The minimum Gasteiger partial charge on any atom is -0.405 e. The summed E-state index contributed by atoms with van der Waals surface area (Å²) in [5, 5.41) is -0.0480. The first-order valence-electron chi connectivity index (χ1n) is 7.27. The Morgan fingerprint density at radius 3 is 2.25 bits per heavy atom. The Kier molecular flexibility index (Phi) is 4.65.